The summed E-state index contributed by atoms with van der Waals surface area (Å²) < 4.78 is 37.9. The summed E-state index contributed by atoms with van der Waals surface area (Å²) in [4.78, 5) is 35.0. The highest BCUT2D eigenvalue weighted by molar-refractivity contribution is 7.89. The predicted octanol–water partition coefficient (Wildman–Crippen LogP) is 6.27. The molecule has 0 spiro atoms. The summed E-state index contributed by atoms with van der Waals surface area (Å²) in [5.74, 6) is 0.381. The number of fused-ring (bicyclic) bond motifs is 1. The zero-order valence-electron chi connectivity index (χ0n) is 29.9. The largest absolute Gasteiger partial charge is 0.487 e. The van der Waals surface area contributed by atoms with Crippen LogP contribution in [0.4, 0.5) is 0 Å². The van der Waals surface area contributed by atoms with E-state index in [0.717, 1.165) is 46.9 Å². The molecule has 2 aliphatic rings. The number of rotatable bonds is 13. The molecule has 272 valence electrons. The van der Waals surface area contributed by atoms with E-state index in [4.69, 9.17) is 27.9 Å². The van der Waals surface area contributed by atoms with E-state index in [1.807, 2.05) is 36.9 Å². The maximum atomic E-state index is 14.1. The molecule has 1 N–H and O–H groups in total. The number of hydrogen-bond acceptors (Lipinski definition) is 6. The molecule has 0 radical (unpaired) electrons. The second-order valence-electron chi connectivity index (χ2n) is 14.8. The number of unbranched alkanes of at least 4 members (excludes halogenated alkanes) is 2. The number of quaternary nitrogens is 1. The van der Waals surface area contributed by atoms with Gasteiger partial charge >= 0.3 is 0 Å². The van der Waals surface area contributed by atoms with Gasteiger partial charge in [-0.2, -0.15) is 4.72 Å². The summed E-state index contributed by atoms with van der Waals surface area (Å²) >= 11 is 13.3. The van der Waals surface area contributed by atoms with Gasteiger partial charge in [-0.3, -0.25) is 9.59 Å². The Morgan fingerprint density at radius 1 is 0.960 bits per heavy atom. The van der Waals surface area contributed by atoms with Crippen molar-refractivity contribution in [1.29, 1.82) is 0 Å². The van der Waals surface area contributed by atoms with Gasteiger partial charge in [-0.25, -0.2) is 13.4 Å². The second-order valence-corrected chi connectivity index (χ2v) is 17.2. The first-order valence-electron chi connectivity index (χ1n) is 17.5. The van der Waals surface area contributed by atoms with Gasteiger partial charge in [-0.1, -0.05) is 48.2 Å². The van der Waals surface area contributed by atoms with E-state index in [2.05, 4.69) is 30.8 Å². The Morgan fingerprint density at radius 3 is 2.32 bits per heavy atom. The molecular weight excluding hydrogens is 697 g/mol. The molecular formula is C37H50Cl2N5O5S+. The molecule has 50 heavy (non-hydrogen) atoms. The molecule has 0 atom stereocenters. The monoisotopic (exact) mass is 746 g/mol. The summed E-state index contributed by atoms with van der Waals surface area (Å²) in [5, 5.41) is 1.15. The Labute approximate surface area is 306 Å². The van der Waals surface area contributed by atoms with Crippen LogP contribution < -0.4 is 9.46 Å². The van der Waals surface area contributed by atoms with Crippen LogP contribution in [-0.4, -0.2) is 98.9 Å². The number of aryl methyl sites for hydroxylation is 2. The molecule has 1 aromatic heterocycles. The zero-order valence-corrected chi connectivity index (χ0v) is 32.2. The Hall–Kier alpha value is -2.96. The van der Waals surface area contributed by atoms with Crippen LogP contribution in [-0.2, 0) is 26.2 Å². The highest BCUT2D eigenvalue weighted by atomic mass is 35.5. The van der Waals surface area contributed by atoms with E-state index < -0.39 is 15.6 Å². The number of piperazine rings is 1. The fraction of sp³-hybridized carbons (Fsp3) is 0.541. The first-order chi connectivity index (χ1) is 23.6. The molecule has 1 aliphatic heterocycles. The van der Waals surface area contributed by atoms with E-state index in [1.165, 1.54) is 12.1 Å². The number of benzene rings is 2. The molecule has 13 heteroatoms. The number of carbonyl (C=O) groups is 2. The van der Waals surface area contributed by atoms with Crippen LogP contribution in [0.2, 0.25) is 10.0 Å². The Balaban J connectivity index is 1.25. The molecule has 1 aliphatic carbocycles. The lowest BCUT2D eigenvalue weighted by atomic mass is 9.96. The average molecular weight is 748 g/mol. The number of aromatic nitrogens is 1. The van der Waals surface area contributed by atoms with Crippen molar-refractivity contribution < 1.29 is 27.2 Å². The smallest absolute Gasteiger partial charge is 0.243 e. The molecule has 2 fully saturated rings. The number of sulfonamides is 1. The standard InChI is InChI=1S/C37H50Cl2N5O5S/c1-26-24-27(2)40-35-28(26)12-11-13-31(35)49-25-29-30(38)15-16-32(34(29)39)50(47,48)41-37(17-8-9-18-37)36(46)43-21-19-42(20-22-43)33(45)14-7-6-10-23-44(3,4)5/h11-13,15-16,24,41H,6-10,14,17-23,25H2,1-5H3/q+1. The van der Waals surface area contributed by atoms with E-state index in [-0.39, 0.29) is 33.4 Å². The van der Waals surface area contributed by atoms with Crippen LogP contribution >= 0.6 is 23.2 Å². The number of carbonyl (C=O) groups excluding carboxylic acids is 2. The maximum absolute atomic E-state index is 14.1. The fourth-order valence-corrected chi connectivity index (χ4v) is 9.35. The fourth-order valence-electron chi connectivity index (χ4n) is 7.05. The Morgan fingerprint density at radius 2 is 1.64 bits per heavy atom. The predicted molar refractivity (Wildman–Crippen MR) is 198 cm³/mol. The Bertz CT molecular complexity index is 1830. The average Bonchev–Trinajstić information content (AvgIpc) is 3.52. The van der Waals surface area contributed by atoms with Gasteiger partial charge in [0.15, 0.2) is 0 Å². The van der Waals surface area contributed by atoms with Crippen molar-refractivity contribution in [3.05, 3.63) is 63.3 Å². The van der Waals surface area contributed by atoms with Gasteiger partial charge in [0.1, 0.15) is 28.3 Å². The van der Waals surface area contributed by atoms with Gasteiger partial charge in [0.25, 0.3) is 0 Å². The van der Waals surface area contributed by atoms with Gasteiger partial charge in [0.2, 0.25) is 21.8 Å². The molecule has 2 heterocycles. The summed E-state index contributed by atoms with van der Waals surface area (Å²) in [7, 11) is 2.24. The van der Waals surface area contributed by atoms with E-state index >= 15 is 0 Å². The third-order valence-corrected chi connectivity index (χ3v) is 12.3. The second kappa shape index (κ2) is 15.7. The summed E-state index contributed by atoms with van der Waals surface area (Å²) in [6.07, 6.45) is 5.63. The molecule has 0 unspecified atom stereocenters. The molecule has 2 amide bonds. The minimum absolute atomic E-state index is 0.0595. The third kappa shape index (κ3) is 8.91. The lowest BCUT2D eigenvalue weighted by Gasteiger charge is -2.40. The maximum Gasteiger partial charge on any atom is 0.243 e. The lowest BCUT2D eigenvalue weighted by Crippen LogP contribution is -2.61. The van der Waals surface area contributed by atoms with Crippen molar-refractivity contribution in [1.82, 2.24) is 19.5 Å². The van der Waals surface area contributed by atoms with Gasteiger partial charge in [0, 0.05) is 54.3 Å². The summed E-state index contributed by atoms with van der Waals surface area (Å²) in [6, 6.07) is 10.5. The minimum Gasteiger partial charge on any atom is -0.487 e. The van der Waals surface area contributed by atoms with Crippen molar-refractivity contribution in [2.24, 2.45) is 0 Å². The van der Waals surface area contributed by atoms with Gasteiger partial charge in [-0.15, -0.1) is 0 Å². The van der Waals surface area contributed by atoms with Crippen molar-refractivity contribution in [2.45, 2.75) is 82.3 Å². The van der Waals surface area contributed by atoms with E-state index in [0.29, 0.717) is 75.1 Å². The minimum atomic E-state index is -4.25. The number of nitrogens with zero attached hydrogens (tertiary/aromatic N) is 4. The van der Waals surface area contributed by atoms with Crippen LogP contribution in [0.15, 0.2) is 41.3 Å². The van der Waals surface area contributed by atoms with Crippen molar-refractivity contribution in [3.63, 3.8) is 0 Å². The third-order valence-electron chi connectivity index (χ3n) is 9.78. The number of amides is 2. The van der Waals surface area contributed by atoms with Gasteiger partial charge in [-0.05, 0) is 75.8 Å². The molecule has 5 rings (SSSR count). The van der Waals surface area contributed by atoms with E-state index in [9.17, 15) is 18.0 Å². The van der Waals surface area contributed by atoms with Crippen LogP contribution in [0.3, 0.4) is 0 Å². The quantitative estimate of drug-likeness (QED) is 0.163. The number of halogens is 2. The number of ether oxygens (including phenoxy) is 1. The molecule has 3 aromatic rings. The van der Waals surface area contributed by atoms with Crippen molar-refractivity contribution in [2.75, 3.05) is 53.9 Å². The molecule has 2 aromatic carbocycles. The number of hydrogen-bond donors (Lipinski definition) is 1. The number of pyridine rings is 1. The molecule has 1 saturated carbocycles. The molecule has 0 bridgehead atoms. The van der Waals surface area contributed by atoms with Crippen molar-refractivity contribution in [3.8, 4) is 5.75 Å². The SMILES string of the molecule is Cc1cc(C)c2cccc(OCc3c(Cl)ccc(S(=O)(=O)NC4(C(=O)N5CCN(C(=O)CCCCC[N+](C)(C)C)CC5)CCCC4)c3Cl)c2n1. The molecule has 10 nitrogen and oxygen atoms in total. The first-order valence-corrected chi connectivity index (χ1v) is 19.7. The first kappa shape index (κ1) is 38.3. The van der Waals surface area contributed by atoms with Crippen molar-refractivity contribution >= 4 is 55.9 Å². The van der Waals surface area contributed by atoms with Gasteiger partial charge in [0.05, 0.1) is 32.7 Å². The van der Waals surface area contributed by atoms with Crippen LogP contribution in [0.25, 0.3) is 10.9 Å². The molecule has 1 saturated heterocycles. The lowest BCUT2D eigenvalue weighted by molar-refractivity contribution is -0.870. The highest BCUT2D eigenvalue weighted by Crippen LogP contribution is 2.37. The number of para-hydroxylation sites is 1. The topological polar surface area (TPSA) is 109 Å². The van der Waals surface area contributed by atoms with Gasteiger partial charge < -0.3 is 19.0 Å². The Kier molecular flexibility index (Phi) is 12.0. The zero-order chi connectivity index (χ0) is 36.3. The highest BCUT2D eigenvalue weighted by Gasteiger charge is 2.47. The normalized spacial score (nSPS) is 16.6. The summed E-state index contributed by atoms with van der Waals surface area (Å²) in [6.45, 7) is 6.51. The van der Waals surface area contributed by atoms with Crippen LogP contribution in [0, 0.1) is 13.8 Å². The van der Waals surface area contributed by atoms with Crippen LogP contribution in [0.5, 0.6) is 5.75 Å². The number of nitrogens with one attached hydrogen (secondary N) is 1. The van der Waals surface area contributed by atoms with Crippen LogP contribution in [0.1, 0.15) is 68.2 Å². The summed E-state index contributed by atoms with van der Waals surface area (Å²) in [5.41, 5.74) is 1.64. The van der Waals surface area contributed by atoms with E-state index in [1.54, 1.807) is 11.0 Å².